The fourth-order valence-electron chi connectivity index (χ4n) is 5.29. The van der Waals surface area contributed by atoms with E-state index in [1.165, 1.54) is 0 Å². The summed E-state index contributed by atoms with van der Waals surface area (Å²) in [5, 5.41) is 15.7. The van der Waals surface area contributed by atoms with Gasteiger partial charge in [-0.25, -0.2) is 4.68 Å². The van der Waals surface area contributed by atoms with Crippen molar-refractivity contribution in [2.24, 2.45) is 0 Å². The zero-order valence-electron chi connectivity index (χ0n) is 20.2. The number of aromatic nitrogens is 2. The van der Waals surface area contributed by atoms with Gasteiger partial charge in [0.05, 0.1) is 39.3 Å². The first kappa shape index (κ1) is 22.3. The molecule has 8 nitrogen and oxygen atoms in total. The second-order valence-corrected chi connectivity index (χ2v) is 8.73. The Labute approximate surface area is 208 Å². The van der Waals surface area contributed by atoms with Crippen LogP contribution >= 0.6 is 0 Å². The number of fused-ring (bicyclic) bond motifs is 4. The van der Waals surface area contributed by atoms with Crippen LogP contribution in [0.3, 0.4) is 0 Å². The quantitative estimate of drug-likeness (QED) is 0.429. The Morgan fingerprint density at radius 2 is 1.61 bits per heavy atom. The fourth-order valence-corrected chi connectivity index (χ4v) is 5.29. The van der Waals surface area contributed by atoms with E-state index in [0.29, 0.717) is 28.7 Å². The molecule has 0 spiro atoms. The van der Waals surface area contributed by atoms with Gasteiger partial charge >= 0.3 is 0 Å². The maximum absolute atomic E-state index is 10.7. The van der Waals surface area contributed by atoms with E-state index in [2.05, 4.69) is 0 Å². The predicted octanol–water partition coefficient (Wildman–Crippen LogP) is 4.52. The molecule has 1 N–H and O–H groups in total. The first-order valence-corrected chi connectivity index (χ1v) is 11.7. The van der Waals surface area contributed by atoms with Gasteiger partial charge in [0.15, 0.2) is 23.0 Å². The monoisotopic (exact) mass is 486 g/mol. The third-order valence-electron chi connectivity index (χ3n) is 6.94. The van der Waals surface area contributed by atoms with Crippen molar-refractivity contribution in [1.82, 2.24) is 9.78 Å². The topological polar surface area (TPSA) is 84.2 Å². The summed E-state index contributed by atoms with van der Waals surface area (Å²) in [6.07, 6.45) is 2.00. The lowest BCUT2D eigenvalue weighted by Gasteiger charge is -2.33. The van der Waals surface area contributed by atoms with Crippen molar-refractivity contribution >= 4 is 0 Å². The number of aliphatic hydroxyl groups is 1. The number of hydrogen-bond acceptors (Lipinski definition) is 7. The van der Waals surface area contributed by atoms with Gasteiger partial charge in [0, 0.05) is 29.2 Å². The van der Waals surface area contributed by atoms with E-state index < -0.39 is 0 Å². The van der Waals surface area contributed by atoms with E-state index in [4.69, 9.17) is 28.8 Å². The minimum absolute atomic E-state index is 0.0807. The van der Waals surface area contributed by atoms with Crippen molar-refractivity contribution in [3.63, 3.8) is 0 Å². The predicted molar refractivity (Wildman–Crippen MR) is 133 cm³/mol. The number of hydrogen-bond donors (Lipinski definition) is 1. The maximum atomic E-state index is 10.7. The average Bonchev–Trinajstić information content (AvgIpc) is 3.58. The first-order valence-electron chi connectivity index (χ1n) is 11.7. The molecule has 1 aliphatic heterocycles. The number of nitrogens with zero attached hydrogens (tertiary/aromatic N) is 2. The largest absolute Gasteiger partial charge is 0.493 e. The van der Waals surface area contributed by atoms with Gasteiger partial charge < -0.3 is 28.8 Å². The lowest BCUT2D eigenvalue weighted by molar-refractivity contribution is 0.174. The van der Waals surface area contributed by atoms with Gasteiger partial charge in [0.1, 0.15) is 0 Å². The molecule has 2 heterocycles. The van der Waals surface area contributed by atoms with E-state index in [1.54, 1.807) is 21.3 Å². The molecule has 3 aromatic carbocycles. The van der Waals surface area contributed by atoms with Crippen LogP contribution in [0.15, 0.2) is 60.8 Å². The average molecular weight is 487 g/mol. The van der Waals surface area contributed by atoms with Crippen molar-refractivity contribution in [3.05, 3.63) is 77.5 Å². The first-order chi connectivity index (χ1) is 17.7. The smallest absolute Gasteiger partial charge is 0.231 e. The third kappa shape index (κ3) is 3.37. The SMILES string of the molecule is COc1cc([C@@H]2c3cc4c(cc3-c3nn(-c5ccccc5)cc3[C@@H]2CO)OCO4)cc(OC)c1OC. The molecule has 1 aliphatic carbocycles. The van der Waals surface area contributed by atoms with Gasteiger partial charge in [-0.1, -0.05) is 18.2 Å². The summed E-state index contributed by atoms with van der Waals surface area (Å²) in [5.74, 6) is 2.48. The fraction of sp³-hybridized carbons (Fsp3) is 0.250. The Kier molecular flexibility index (Phi) is 5.45. The van der Waals surface area contributed by atoms with Crippen molar-refractivity contribution in [1.29, 1.82) is 0 Å². The number of rotatable bonds is 6. The molecule has 0 bridgehead atoms. The summed E-state index contributed by atoms with van der Waals surface area (Å²) in [4.78, 5) is 0. The molecular formula is C28H26N2O6. The summed E-state index contributed by atoms with van der Waals surface area (Å²) in [6, 6.07) is 17.8. The van der Waals surface area contributed by atoms with Crippen LogP contribution in [-0.4, -0.2) is 49.6 Å². The van der Waals surface area contributed by atoms with E-state index >= 15 is 0 Å². The van der Waals surface area contributed by atoms with Gasteiger partial charge in [-0.3, -0.25) is 0 Å². The zero-order valence-corrected chi connectivity index (χ0v) is 20.2. The van der Waals surface area contributed by atoms with Crippen molar-refractivity contribution in [3.8, 4) is 45.7 Å². The van der Waals surface area contributed by atoms with Crippen molar-refractivity contribution in [2.45, 2.75) is 11.8 Å². The Hall–Kier alpha value is -4.17. The molecule has 0 saturated heterocycles. The number of para-hydroxylation sites is 1. The standard InChI is InChI=1S/C28H26N2O6/c1-32-24-9-16(10-25(33-2)28(24)34-3)26-18-11-22-23(36-15-35-22)12-19(18)27-20(21(26)14-31)13-30(29-27)17-7-5-4-6-8-17/h4-13,21,26,31H,14-15H2,1-3H3/t21-,26+/m0/s1. The molecule has 0 radical (unpaired) electrons. The number of methoxy groups -OCH3 is 3. The van der Waals surface area contributed by atoms with E-state index in [9.17, 15) is 5.11 Å². The molecular weight excluding hydrogens is 460 g/mol. The molecule has 0 unspecified atom stereocenters. The van der Waals surface area contributed by atoms with Crippen LogP contribution < -0.4 is 23.7 Å². The van der Waals surface area contributed by atoms with E-state index in [1.807, 2.05) is 65.5 Å². The van der Waals surface area contributed by atoms with Crippen molar-refractivity contribution < 1.29 is 28.8 Å². The molecule has 184 valence electrons. The van der Waals surface area contributed by atoms with Gasteiger partial charge in [-0.05, 0) is 47.5 Å². The summed E-state index contributed by atoms with van der Waals surface area (Å²) in [6.45, 7) is 0.0878. The number of benzene rings is 3. The molecule has 0 saturated carbocycles. The van der Waals surface area contributed by atoms with E-state index in [0.717, 1.165) is 33.6 Å². The Bertz CT molecular complexity index is 1410. The molecule has 2 aliphatic rings. The highest BCUT2D eigenvalue weighted by atomic mass is 16.7. The highest BCUT2D eigenvalue weighted by molar-refractivity contribution is 5.77. The zero-order chi connectivity index (χ0) is 24.8. The van der Waals surface area contributed by atoms with Crippen LogP contribution in [0, 0.1) is 0 Å². The summed E-state index contributed by atoms with van der Waals surface area (Å²) < 4.78 is 30.1. The highest BCUT2D eigenvalue weighted by Crippen LogP contribution is 2.54. The van der Waals surface area contributed by atoms with Crippen LogP contribution in [-0.2, 0) is 0 Å². The number of ether oxygens (including phenoxy) is 5. The molecule has 36 heavy (non-hydrogen) atoms. The van der Waals surface area contributed by atoms with Crippen LogP contribution in [0.2, 0.25) is 0 Å². The molecule has 2 atom stereocenters. The molecule has 8 heteroatoms. The summed E-state index contributed by atoms with van der Waals surface area (Å²) >= 11 is 0. The van der Waals surface area contributed by atoms with Gasteiger partial charge in [0.25, 0.3) is 0 Å². The van der Waals surface area contributed by atoms with E-state index in [-0.39, 0.29) is 25.2 Å². The lowest BCUT2D eigenvalue weighted by atomic mass is 9.71. The normalized spacial score (nSPS) is 17.3. The lowest BCUT2D eigenvalue weighted by Crippen LogP contribution is -2.21. The van der Waals surface area contributed by atoms with Crippen molar-refractivity contribution in [2.75, 3.05) is 34.7 Å². The molecule has 6 rings (SSSR count). The minimum atomic E-state index is -0.270. The second-order valence-electron chi connectivity index (χ2n) is 8.73. The third-order valence-corrected chi connectivity index (χ3v) is 6.94. The Morgan fingerprint density at radius 1 is 0.917 bits per heavy atom. The second kappa shape index (κ2) is 8.80. The Morgan fingerprint density at radius 3 is 2.25 bits per heavy atom. The maximum Gasteiger partial charge on any atom is 0.231 e. The molecule has 4 aromatic rings. The molecule has 1 aromatic heterocycles. The molecule has 0 amide bonds. The van der Waals surface area contributed by atoms with Crippen LogP contribution in [0.4, 0.5) is 0 Å². The van der Waals surface area contributed by atoms with Crippen LogP contribution in [0.1, 0.15) is 28.5 Å². The summed E-state index contributed by atoms with van der Waals surface area (Å²) in [5.41, 5.74) is 5.55. The van der Waals surface area contributed by atoms with Gasteiger partial charge in [-0.15, -0.1) is 0 Å². The Balaban J connectivity index is 1.60. The number of aliphatic hydroxyl groups excluding tert-OH is 1. The van der Waals surface area contributed by atoms with Gasteiger partial charge in [0.2, 0.25) is 12.5 Å². The highest BCUT2D eigenvalue weighted by Gasteiger charge is 2.39. The molecule has 0 fully saturated rings. The minimum Gasteiger partial charge on any atom is -0.493 e. The van der Waals surface area contributed by atoms with Crippen LogP contribution in [0.25, 0.3) is 16.9 Å². The van der Waals surface area contributed by atoms with Crippen LogP contribution in [0.5, 0.6) is 28.7 Å². The van der Waals surface area contributed by atoms with Gasteiger partial charge in [-0.2, -0.15) is 5.10 Å². The summed E-state index contributed by atoms with van der Waals surface area (Å²) in [7, 11) is 4.77.